The van der Waals surface area contributed by atoms with E-state index < -0.39 is 35.6 Å². The van der Waals surface area contributed by atoms with Crippen molar-refractivity contribution in [1.82, 2.24) is 4.73 Å². The second-order valence-electron chi connectivity index (χ2n) is 4.75. The summed E-state index contributed by atoms with van der Waals surface area (Å²) in [5.41, 5.74) is -0.617. The highest BCUT2D eigenvalue weighted by atomic mass is 16.7. The second-order valence-corrected chi connectivity index (χ2v) is 4.75. The van der Waals surface area contributed by atoms with E-state index in [1.54, 1.807) is 0 Å². The number of carboxylic acids is 1. The Morgan fingerprint density at radius 1 is 1.16 bits per heavy atom. The van der Waals surface area contributed by atoms with Crippen LogP contribution >= 0.6 is 0 Å². The van der Waals surface area contributed by atoms with Crippen LogP contribution in [0.25, 0.3) is 0 Å². The Morgan fingerprint density at radius 2 is 1.84 bits per heavy atom. The Morgan fingerprint density at radius 3 is 2.44 bits per heavy atom. The number of hydrogen-bond acceptors (Lipinski definition) is 6. The van der Waals surface area contributed by atoms with Crippen LogP contribution in [0.4, 0.5) is 5.69 Å². The molecular formula is C16H14N2O7. The molecule has 0 radical (unpaired) electrons. The number of hydrogen-bond donors (Lipinski definition) is 2. The number of anilines is 1. The topological polar surface area (TPSA) is 124 Å². The molecule has 0 fully saturated rings. The van der Waals surface area contributed by atoms with Crippen molar-refractivity contribution in [3.8, 4) is 0 Å². The number of carbonyl (C=O) groups is 3. The SMILES string of the molecule is COC(=O)c1ccc(NC(=O)COn2cccc(C(=O)O)c2=O)cc1. The maximum Gasteiger partial charge on any atom is 0.341 e. The summed E-state index contributed by atoms with van der Waals surface area (Å²) in [6, 6.07) is 8.40. The molecule has 0 saturated carbocycles. The smallest absolute Gasteiger partial charge is 0.341 e. The molecule has 2 rings (SSSR count). The van der Waals surface area contributed by atoms with Crippen LogP contribution < -0.4 is 15.7 Å². The van der Waals surface area contributed by atoms with Gasteiger partial charge in [-0.2, -0.15) is 4.73 Å². The van der Waals surface area contributed by atoms with Gasteiger partial charge in [0.05, 0.1) is 12.7 Å². The van der Waals surface area contributed by atoms with Gasteiger partial charge in [0, 0.05) is 11.9 Å². The minimum atomic E-state index is -1.39. The van der Waals surface area contributed by atoms with Crippen molar-refractivity contribution in [3.05, 3.63) is 64.1 Å². The number of aromatic nitrogens is 1. The largest absolute Gasteiger partial charge is 0.477 e. The third kappa shape index (κ3) is 4.44. The molecule has 1 aromatic carbocycles. The third-order valence-electron chi connectivity index (χ3n) is 3.07. The summed E-state index contributed by atoms with van der Waals surface area (Å²) in [5.74, 6) is -2.46. The lowest BCUT2D eigenvalue weighted by Gasteiger charge is -2.09. The van der Waals surface area contributed by atoms with Crippen molar-refractivity contribution in [2.75, 3.05) is 19.0 Å². The summed E-state index contributed by atoms with van der Waals surface area (Å²) >= 11 is 0. The standard InChI is InChI=1S/C16H14N2O7/c1-24-16(23)10-4-6-11(7-5-10)17-13(19)9-25-18-8-2-3-12(14(18)20)15(21)22/h2-8H,9H2,1H3,(H,17,19)(H,21,22). The lowest BCUT2D eigenvalue weighted by Crippen LogP contribution is -2.34. The number of pyridine rings is 1. The minimum Gasteiger partial charge on any atom is -0.477 e. The predicted octanol–water partition coefficient (Wildman–Crippen LogP) is 0.400. The zero-order valence-corrected chi connectivity index (χ0v) is 13.1. The summed E-state index contributed by atoms with van der Waals surface area (Å²) < 4.78 is 5.23. The van der Waals surface area contributed by atoms with Gasteiger partial charge in [0.15, 0.2) is 6.61 Å². The van der Waals surface area contributed by atoms with Gasteiger partial charge in [-0.25, -0.2) is 9.59 Å². The second kappa shape index (κ2) is 7.77. The highest BCUT2D eigenvalue weighted by Crippen LogP contribution is 2.10. The van der Waals surface area contributed by atoms with Crippen LogP contribution in [0.15, 0.2) is 47.4 Å². The Kier molecular flexibility index (Phi) is 5.51. The lowest BCUT2D eigenvalue weighted by atomic mass is 10.2. The molecule has 0 aliphatic rings. The van der Waals surface area contributed by atoms with Gasteiger partial charge in [-0.1, -0.05) is 0 Å². The highest BCUT2D eigenvalue weighted by Gasteiger charge is 2.12. The summed E-state index contributed by atoms with van der Waals surface area (Å²) in [6.45, 7) is -0.512. The van der Waals surface area contributed by atoms with Crippen molar-refractivity contribution >= 4 is 23.5 Å². The fourth-order valence-electron chi connectivity index (χ4n) is 1.87. The number of ether oxygens (including phenoxy) is 1. The molecular weight excluding hydrogens is 332 g/mol. The molecule has 1 heterocycles. The number of amides is 1. The first kappa shape index (κ1) is 17.7. The van der Waals surface area contributed by atoms with E-state index in [0.717, 1.165) is 6.07 Å². The Bertz CT molecular complexity index is 856. The molecule has 9 nitrogen and oxygen atoms in total. The number of aromatic carboxylic acids is 1. The molecule has 130 valence electrons. The molecule has 2 aromatic rings. The van der Waals surface area contributed by atoms with Gasteiger partial charge in [0.2, 0.25) is 0 Å². The van der Waals surface area contributed by atoms with Gasteiger partial charge in [-0.15, -0.1) is 0 Å². The van der Waals surface area contributed by atoms with E-state index in [1.165, 1.54) is 43.6 Å². The van der Waals surface area contributed by atoms with Crippen molar-refractivity contribution in [1.29, 1.82) is 0 Å². The zero-order valence-electron chi connectivity index (χ0n) is 13.1. The minimum absolute atomic E-state index is 0.328. The molecule has 0 aliphatic heterocycles. The number of esters is 1. The first-order chi connectivity index (χ1) is 11.9. The average molecular weight is 346 g/mol. The maximum atomic E-state index is 11.8. The molecule has 1 amide bonds. The fourth-order valence-corrected chi connectivity index (χ4v) is 1.87. The number of carboxylic acid groups (broad SMARTS) is 1. The number of methoxy groups -OCH3 is 1. The molecule has 9 heteroatoms. The van der Waals surface area contributed by atoms with Gasteiger partial charge in [0.25, 0.3) is 11.5 Å². The van der Waals surface area contributed by atoms with Gasteiger partial charge >= 0.3 is 11.9 Å². The highest BCUT2D eigenvalue weighted by molar-refractivity contribution is 5.93. The van der Waals surface area contributed by atoms with Crippen LogP contribution in [0, 0.1) is 0 Å². The quantitative estimate of drug-likeness (QED) is 0.726. The van der Waals surface area contributed by atoms with Crippen LogP contribution in [0.5, 0.6) is 0 Å². The van der Waals surface area contributed by atoms with Crippen LogP contribution in [-0.2, 0) is 9.53 Å². The molecule has 2 N–H and O–H groups in total. The van der Waals surface area contributed by atoms with Crippen LogP contribution in [0.2, 0.25) is 0 Å². The van der Waals surface area contributed by atoms with Gasteiger partial charge in [-0.3, -0.25) is 9.59 Å². The Labute approximate surface area is 141 Å². The molecule has 0 spiro atoms. The average Bonchev–Trinajstić information content (AvgIpc) is 2.60. The summed E-state index contributed by atoms with van der Waals surface area (Å²) in [4.78, 5) is 50.8. The Hall–Kier alpha value is -3.62. The van der Waals surface area contributed by atoms with Crippen molar-refractivity contribution < 1.29 is 29.1 Å². The van der Waals surface area contributed by atoms with Crippen molar-refractivity contribution in [2.45, 2.75) is 0 Å². The van der Waals surface area contributed by atoms with E-state index in [-0.39, 0.29) is 0 Å². The summed E-state index contributed by atoms with van der Waals surface area (Å²) in [6.07, 6.45) is 1.20. The summed E-state index contributed by atoms with van der Waals surface area (Å²) in [7, 11) is 1.26. The molecule has 1 aromatic heterocycles. The number of carbonyl (C=O) groups excluding carboxylic acids is 2. The first-order valence-electron chi connectivity index (χ1n) is 6.99. The van der Waals surface area contributed by atoms with Crippen molar-refractivity contribution in [3.63, 3.8) is 0 Å². The van der Waals surface area contributed by atoms with Gasteiger partial charge < -0.3 is 20.0 Å². The van der Waals surface area contributed by atoms with Crippen LogP contribution in [0.3, 0.4) is 0 Å². The molecule has 0 unspecified atom stereocenters. The monoisotopic (exact) mass is 346 g/mol. The van der Waals surface area contributed by atoms with E-state index in [4.69, 9.17) is 9.94 Å². The van der Waals surface area contributed by atoms with Crippen LogP contribution in [-0.4, -0.2) is 41.4 Å². The zero-order chi connectivity index (χ0) is 18.4. The maximum absolute atomic E-state index is 11.8. The third-order valence-corrected chi connectivity index (χ3v) is 3.07. The molecule has 25 heavy (non-hydrogen) atoms. The van der Waals surface area contributed by atoms with E-state index in [2.05, 4.69) is 10.1 Å². The molecule has 0 aliphatic carbocycles. The summed E-state index contributed by atoms with van der Waals surface area (Å²) in [5, 5.41) is 11.4. The normalized spacial score (nSPS) is 9.96. The Balaban J connectivity index is 1.97. The number of nitrogens with zero attached hydrogens (tertiary/aromatic N) is 1. The molecule has 0 bridgehead atoms. The van der Waals surface area contributed by atoms with Crippen molar-refractivity contribution in [2.24, 2.45) is 0 Å². The van der Waals surface area contributed by atoms with E-state index >= 15 is 0 Å². The first-order valence-corrected chi connectivity index (χ1v) is 6.99. The number of nitrogens with one attached hydrogen (secondary N) is 1. The van der Waals surface area contributed by atoms with E-state index in [1.807, 2.05) is 0 Å². The molecule has 0 saturated heterocycles. The number of benzene rings is 1. The van der Waals surface area contributed by atoms with Gasteiger partial charge in [0.1, 0.15) is 5.56 Å². The predicted molar refractivity (Wildman–Crippen MR) is 85.5 cm³/mol. The molecule has 0 atom stereocenters. The van der Waals surface area contributed by atoms with E-state index in [0.29, 0.717) is 16.0 Å². The van der Waals surface area contributed by atoms with Gasteiger partial charge in [-0.05, 0) is 36.4 Å². The fraction of sp³-hybridized carbons (Fsp3) is 0.125. The van der Waals surface area contributed by atoms with E-state index in [9.17, 15) is 19.2 Å². The lowest BCUT2D eigenvalue weighted by molar-refractivity contribution is -0.120. The number of rotatable bonds is 6. The van der Waals surface area contributed by atoms with Crippen LogP contribution in [0.1, 0.15) is 20.7 Å².